The number of aryl methyl sites for hydroxylation is 1. The van der Waals surface area contributed by atoms with E-state index in [1.54, 1.807) is 13.1 Å². The second-order valence-corrected chi connectivity index (χ2v) is 6.09. The van der Waals surface area contributed by atoms with Gasteiger partial charge in [-0.05, 0) is 31.9 Å². The van der Waals surface area contributed by atoms with E-state index in [2.05, 4.69) is 10.3 Å². The number of benzene rings is 1. The molecule has 5 nitrogen and oxygen atoms in total. The van der Waals surface area contributed by atoms with E-state index in [0.29, 0.717) is 18.7 Å². The number of aromatic nitrogens is 2. The summed E-state index contributed by atoms with van der Waals surface area (Å²) in [5.74, 6) is 0.257. The number of hydrogen-bond acceptors (Lipinski definition) is 4. The summed E-state index contributed by atoms with van der Waals surface area (Å²) in [7, 11) is 0. The summed E-state index contributed by atoms with van der Waals surface area (Å²) in [6, 6.07) is 8.06. The average Bonchev–Trinajstić information content (AvgIpc) is 2.93. The Labute approximate surface area is 134 Å². The number of imidazole rings is 1. The van der Waals surface area contributed by atoms with Crippen LogP contribution >= 0.6 is 11.8 Å². The van der Waals surface area contributed by atoms with E-state index in [1.165, 1.54) is 11.8 Å². The zero-order valence-electron chi connectivity index (χ0n) is 12.8. The first-order chi connectivity index (χ1) is 10.6. The molecular formula is C16H21N3O2S. The van der Waals surface area contributed by atoms with Crippen LogP contribution in [0.5, 0.6) is 0 Å². The largest absolute Gasteiger partial charge is 0.393 e. The second-order valence-electron chi connectivity index (χ2n) is 5.14. The molecule has 0 aliphatic rings. The highest BCUT2D eigenvalue weighted by atomic mass is 32.2. The van der Waals surface area contributed by atoms with Crippen LogP contribution in [0.2, 0.25) is 0 Å². The third-order valence-corrected chi connectivity index (χ3v) is 4.17. The van der Waals surface area contributed by atoms with Crippen molar-refractivity contribution in [3.8, 4) is 5.69 Å². The Kier molecular flexibility index (Phi) is 6.03. The molecule has 0 spiro atoms. The number of amides is 1. The third-order valence-electron chi connectivity index (χ3n) is 3.20. The van der Waals surface area contributed by atoms with Crippen LogP contribution in [0.1, 0.15) is 18.9 Å². The minimum Gasteiger partial charge on any atom is -0.393 e. The van der Waals surface area contributed by atoms with Crippen molar-refractivity contribution in [3.05, 3.63) is 42.2 Å². The fourth-order valence-electron chi connectivity index (χ4n) is 2.02. The molecule has 22 heavy (non-hydrogen) atoms. The quantitative estimate of drug-likeness (QED) is 0.768. The lowest BCUT2D eigenvalue weighted by Gasteiger charge is -2.10. The normalized spacial score (nSPS) is 12.1. The monoisotopic (exact) mass is 319 g/mol. The zero-order valence-corrected chi connectivity index (χ0v) is 13.6. The molecule has 118 valence electrons. The molecule has 0 saturated carbocycles. The molecule has 0 aliphatic carbocycles. The first kappa shape index (κ1) is 16.6. The van der Waals surface area contributed by atoms with Crippen LogP contribution in [0.15, 0.2) is 41.8 Å². The van der Waals surface area contributed by atoms with E-state index >= 15 is 0 Å². The number of hydrogen-bond donors (Lipinski definition) is 2. The molecule has 1 amide bonds. The Bertz CT molecular complexity index is 625. The summed E-state index contributed by atoms with van der Waals surface area (Å²) in [6.07, 6.45) is 3.80. The van der Waals surface area contributed by atoms with Crippen molar-refractivity contribution in [2.24, 2.45) is 0 Å². The Morgan fingerprint density at radius 3 is 2.95 bits per heavy atom. The van der Waals surface area contributed by atoms with Crippen LogP contribution in [-0.4, -0.2) is 39.0 Å². The van der Waals surface area contributed by atoms with Crippen LogP contribution in [0.3, 0.4) is 0 Å². The van der Waals surface area contributed by atoms with Crippen LogP contribution in [0.4, 0.5) is 0 Å². The molecule has 1 unspecified atom stereocenters. The van der Waals surface area contributed by atoms with Crippen molar-refractivity contribution >= 4 is 17.7 Å². The number of thioether (sulfide) groups is 1. The Morgan fingerprint density at radius 2 is 2.23 bits per heavy atom. The lowest BCUT2D eigenvalue weighted by molar-refractivity contribution is -0.118. The summed E-state index contributed by atoms with van der Waals surface area (Å²) < 4.78 is 1.99. The summed E-state index contributed by atoms with van der Waals surface area (Å²) >= 11 is 1.40. The lowest BCUT2D eigenvalue weighted by atomic mass is 10.2. The molecule has 1 atom stereocenters. The molecule has 2 N–H and O–H groups in total. The molecule has 0 fully saturated rings. The van der Waals surface area contributed by atoms with Gasteiger partial charge in [-0.3, -0.25) is 9.36 Å². The van der Waals surface area contributed by atoms with E-state index in [1.807, 2.05) is 42.0 Å². The molecular weight excluding hydrogens is 298 g/mol. The second kappa shape index (κ2) is 8.00. The molecule has 0 saturated heterocycles. The number of nitrogens with zero attached hydrogens (tertiary/aromatic N) is 2. The molecule has 2 rings (SSSR count). The summed E-state index contributed by atoms with van der Waals surface area (Å²) in [5.41, 5.74) is 2.22. The number of aliphatic hydroxyl groups excluding tert-OH is 1. The fourth-order valence-corrected chi connectivity index (χ4v) is 2.81. The standard InChI is InChI=1S/C16H21N3O2S/c1-12-5-3-4-6-14(12)19-10-9-18-16(19)22-11-15(21)17-8-7-13(2)20/h3-6,9-10,13,20H,7-8,11H2,1-2H3,(H,17,21). The highest BCUT2D eigenvalue weighted by molar-refractivity contribution is 7.99. The minimum absolute atomic E-state index is 0.0509. The predicted molar refractivity (Wildman–Crippen MR) is 88.3 cm³/mol. The van der Waals surface area contributed by atoms with Crippen molar-refractivity contribution in [2.45, 2.75) is 31.5 Å². The number of carbonyl (C=O) groups is 1. The van der Waals surface area contributed by atoms with Gasteiger partial charge in [-0.15, -0.1) is 0 Å². The topological polar surface area (TPSA) is 67.2 Å². The van der Waals surface area contributed by atoms with Crippen molar-refractivity contribution in [3.63, 3.8) is 0 Å². The van der Waals surface area contributed by atoms with Gasteiger partial charge in [0, 0.05) is 18.9 Å². The summed E-state index contributed by atoms with van der Waals surface area (Å²) in [5, 5.41) is 12.7. The van der Waals surface area contributed by atoms with E-state index < -0.39 is 6.10 Å². The molecule has 0 radical (unpaired) electrons. The number of nitrogens with one attached hydrogen (secondary N) is 1. The fraction of sp³-hybridized carbons (Fsp3) is 0.375. The SMILES string of the molecule is Cc1ccccc1-n1ccnc1SCC(=O)NCCC(C)O. The minimum atomic E-state index is -0.395. The number of para-hydroxylation sites is 1. The molecule has 1 heterocycles. The van der Waals surface area contributed by atoms with E-state index in [4.69, 9.17) is 5.11 Å². The van der Waals surface area contributed by atoms with Gasteiger partial charge >= 0.3 is 0 Å². The number of aliphatic hydroxyl groups is 1. The third kappa shape index (κ3) is 4.61. The summed E-state index contributed by atoms with van der Waals surface area (Å²) in [4.78, 5) is 16.1. The highest BCUT2D eigenvalue weighted by Crippen LogP contribution is 2.22. The van der Waals surface area contributed by atoms with Crippen LogP contribution in [0.25, 0.3) is 5.69 Å². The predicted octanol–water partition coefficient (Wildman–Crippen LogP) is 2.16. The maximum absolute atomic E-state index is 11.8. The van der Waals surface area contributed by atoms with E-state index in [0.717, 1.165) is 16.4 Å². The smallest absolute Gasteiger partial charge is 0.230 e. The number of carbonyl (C=O) groups excluding carboxylic acids is 1. The van der Waals surface area contributed by atoms with Crippen molar-refractivity contribution in [2.75, 3.05) is 12.3 Å². The average molecular weight is 319 g/mol. The maximum atomic E-state index is 11.8. The van der Waals surface area contributed by atoms with Gasteiger partial charge in [-0.1, -0.05) is 30.0 Å². The van der Waals surface area contributed by atoms with Gasteiger partial charge in [0.25, 0.3) is 0 Å². The van der Waals surface area contributed by atoms with Crippen LogP contribution in [0, 0.1) is 6.92 Å². The van der Waals surface area contributed by atoms with Crippen molar-refractivity contribution < 1.29 is 9.90 Å². The van der Waals surface area contributed by atoms with Crippen LogP contribution in [-0.2, 0) is 4.79 Å². The van der Waals surface area contributed by atoms with E-state index in [-0.39, 0.29) is 5.91 Å². The zero-order chi connectivity index (χ0) is 15.9. The number of rotatable bonds is 7. The van der Waals surface area contributed by atoms with Gasteiger partial charge in [0.2, 0.25) is 5.91 Å². The molecule has 6 heteroatoms. The van der Waals surface area contributed by atoms with Gasteiger partial charge in [0.1, 0.15) is 0 Å². The lowest BCUT2D eigenvalue weighted by Crippen LogP contribution is -2.28. The van der Waals surface area contributed by atoms with E-state index in [9.17, 15) is 4.79 Å². The maximum Gasteiger partial charge on any atom is 0.230 e. The van der Waals surface area contributed by atoms with Crippen molar-refractivity contribution in [1.29, 1.82) is 0 Å². The summed E-state index contributed by atoms with van der Waals surface area (Å²) in [6.45, 7) is 4.25. The van der Waals surface area contributed by atoms with Gasteiger partial charge in [0.15, 0.2) is 5.16 Å². The Balaban J connectivity index is 1.94. The Morgan fingerprint density at radius 1 is 1.45 bits per heavy atom. The van der Waals surface area contributed by atoms with Crippen molar-refractivity contribution in [1.82, 2.24) is 14.9 Å². The Hall–Kier alpha value is -1.79. The van der Waals surface area contributed by atoms with Gasteiger partial charge in [-0.2, -0.15) is 0 Å². The first-order valence-electron chi connectivity index (χ1n) is 7.25. The molecule has 1 aromatic heterocycles. The molecule has 2 aromatic rings. The van der Waals surface area contributed by atoms with Gasteiger partial charge in [0.05, 0.1) is 17.5 Å². The van der Waals surface area contributed by atoms with Gasteiger partial charge < -0.3 is 10.4 Å². The first-order valence-corrected chi connectivity index (χ1v) is 8.23. The molecule has 1 aromatic carbocycles. The van der Waals surface area contributed by atoms with Gasteiger partial charge in [-0.25, -0.2) is 4.98 Å². The van der Waals surface area contributed by atoms with Crippen LogP contribution < -0.4 is 5.32 Å². The molecule has 0 aliphatic heterocycles. The molecule has 0 bridgehead atoms. The highest BCUT2D eigenvalue weighted by Gasteiger charge is 2.10.